The second-order valence-electron chi connectivity index (χ2n) is 6.72. The van der Waals surface area contributed by atoms with Crippen LogP contribution in [0.5, 0.6) is 5.75 Å². The molecule has 2 N–H and O–H groups in total. The van der Waals surface area contributed by atoms with E-state index in [-0.39, 0.29) is 37.3 Å². The zero-order chi connectivity index (χ0) is 21.8. The summed E-state index contributed by atoms with van der Waals surface area (Å²) in [6.45, 7) is 4.00. The first-order chi connectivity index (χ1) is 14.5. The Balaban J connectivity index is 1.61. The molecule has 0 saturated carbocycles. The van der Waals surface area contributed by atoms with Gasteiger partial charge in [0.2, 0.25) is 5.91 Å². The maximum absolute atomic E-state index is 12.0. The van der Waals surface area contributed by atoms with Crippen molar-refractivity contribution in [2.75, 3.05) is 18.5 Å². The monoisotopic (exact) mass is 412 g/mol. The Morgan fingerprint density at radius 3 is 2.30 bits per heavy atom. The first-order valence-corrected chi connectivity index (χ1v) is 10.0. The van der Waals surface area contributed by atoms with Crippen LogP contribution in [0, 0.1) is 0 Å². The van der Waals surface area contributed by atoms with E-state index in [1.807, 2.05) is 44.2 Å². The Hall–Kier alpha value is -3.35. The first kappa shape index (κ1) is 22.9. The van der Waals surface area contributed by atoms with Crippen LogP contribution in [0.2, 0.25) is 0 Å². The van der Waals surface area contributed by atoms with Crippen LogP contribution in [-0.2, 0) is 19.1 Å². The van der Waals surface area contributed by atoms with Crippen molar-refractivity contribution in [3.63, 3.8) is 0 Å². The average Bonchev–Trinajstić information content (AvgIpc) is 2.74. The molecule has 0 radical (unpaired) electrons. The van der Waals surface area contributed by atoms with E-state index in [4.69, 9.17) is 9.47 Å². The number of benzene rings is 2. The summed E-state index contributed by atoms with van der Waals surface area (Å²) in [7, 11) is 0. The summed E-state index contributed by atoms with van der Waals surface area (Å²) in [6.07, 6.45) is 0.585. The van der Waals surface area contributed by atoms with Crippen LogP contribution in [0.4, 0.5) is 5.69 Å². The highest BCUT2D eigenvalue weighted by Crippen LogP contribution is 2.16. The number of rotatable bonds is 11. The predicted octanol–water partition coefficient (Wildman–Crippen LogP) is 3.61. The van der Waals surface area contributed by atoms with Crippen molar-refractivity contribution in [1.82, 2.24) is 5.32 Å². The molecule has 0 heterocycles. The maximum Gasteiger partial charge on any atom is 0.306 e. The van der Waals surface area contributed by atoms with Crippen molar-refractivity contribution in [2.45, 2.75) is 39.2 Å². The van der Waals surface area contributed by atoms with Crippen LogP contribution in [0.25, 0.3) is 0 Å². The molecule has 0 bridgehead atoms. The second kappa shape index (κ2) is 12.3. The summed E-state index contributed by atoms with van der Waals surface area (Å²) < 4.78 is 10.3. The molecule has 2 rings (SSSR count). The topological polar surface area (TPSA) is 93.7 Å². The van der Waals surface area contributed by atoms with Gasteiger partial charge in [-0.2, -0.15) is 0 Å². The molecule has 0 unspecified atom stereocenters. The van der Waals surface area contributed by atoms with Gasteiger partial charge < -0.3 is 20.1 Å². The summed E-state index contributed by atoms with van der Waals surface area (Å²) in [5.41, 5.74) is 1.63. The normalized spacial score (nSPS) is 11.3. The van der Waals surface area contributed by atoms with E-state index >= 15 is 0 Å². The predicted molar refractivity (Wildman–Crippen MR) is 114 cm³/mol. The van der Waals surface area contributed by atoms with E-state index < -0.39 is 5.97 Å². The molecular formula is C23H28N2O5. The van der Waals surface area contributed by atoms with E-state index in [9.17, 15) is 14.4 Å². The molecule has 0 aliphatic carbocycles. The molecule has 0 fully saturated rings. The lowest BCUT2D eigenvalue weighted by molar-refractivity contribution is -0.148. The van der Waals surface area contributed by atoms with E-state index in [1.54, 1.807) is 24.3 Å². The SMILES string of the molecule is CCOc1ccc(NC(=O)CCCC(=O)OCC(=O)N[C@H](C)c2ccccc2)cc1. The van der Waals surface area contributed by atoms with Crippen LogP contribution >= 0.6 is 0 Å². The summed E-state index contributed by atoms with van der Waals surface area (Å²) >= 11 is 0. The molecule has 30 heavy (non-hydrogen) atoms. The summed E-state index contributed by atoms with van der Waals surface area (Å²) in [4.78, 5) is 35.7. The lowest BCUT2D eigenvalue weighted by atomic mass is 10.1. The molecule has 160 valence electrons. The van der Waals surface area contributed by atoms with Crippen molar-refractivity contribution < 1.29 is 23.9 Å². The molecule has 0 aromatic heterocycles. The number of amides is 2. The number of carbonyl (C=O) groups is 3. The zero-order valence-electron chi connectivity index (χ0n) is 17.4. The van der Waals surface area contributed by atoms with E-state index in [2.05, 4.69) is 10.6 Å². The summed E-state index contributed by atoms with van der Waals surface area (Å²) in [5.74, 6) is -0.332. The van der Waals surface area contributed by atoms with Gasteiger partial charge in [-0.1, -0.05) is 30.3 Å². The Morgan fingerprint density at radius 2 is 1.63 bits per heavy atom. The number of ether oxygens (including phenoxy) is 2. The Labute approximate surface area is 176 Å². The molecule has 0 aliphatic rings. The van der Waals surface area contributed by atoms with Crippen LogP contribution in [0.3, 0.4) is 0 Å². The molecule has 1 atom stereocenters. The van der Waals surface area contributed by atoms with E-state index in [1.165, 1.54) is 0 Å². The minimum absolute atomic E-state index is 0.0677. The largest absolute Gasteiger partial charge is 0.494 e. The van der Waals surface area contributed by atoms with Gasteiger partial charge in [-0.3, -0.25) is 14.4 Å². The molecule has 0 spiro atoms. The second-order valence-corrected chi connectivity index (χ2v) is 6.72. The number of nitrogens with one attached hydrogen (secondary N) is 2. The lowest BCUT2D eigenvalue weighted by Gasteiger charge is -2.14. The van der Waals surface area contributed by atoms with Crippen LogP contribution in [-0.4, -0.2) is 31.0 Å². The van der Waals surface area contributed by atoms with Crippen molar-refractivity contribution in [1.29, 1.82) is 0 Å². The zero-order valence-corrected chi connectivity index (χ0v) is 17.4. The molecular weight excluding hydrogens is 384 g/mol. The van der Waals surface area contributed by atoms with Crippen molar-refractivity contribution >= 4 is 23.5 Å². The third kappa shape index (κ3) is 8.34. The summed E-state index contributed by atoms with van der Waals surface area (Å²) in [6, 6.07) is 16.4. The Morgan fingerprint density at radius 1 is 0.933 bits per heavy atom. The number of carbonyl (C=O) groups excluding carboxylic acids is 3. The third-order valence-corrected chi connectivity index (χ3v) is 4.28. The van der Waals surface area contributed by atoms with E-state index in [0.717, 1.165) is 11.3 Å². The fourth-order valence-electron chi connectivity index (χ4n) is 2.74. The highest BCUT2D eigenvalue weighted by molar-refractivity contribution is 5.91. The average molecular weight is 412 g/mol. The van der Waals surface area contributed by atoms with Gasteiger partial charge >= 0.3 is 5.97 Å². The highest BCUT2D eigenvalue weighted by atomic mass is 16.5. The smallest absolute Gasteiger partial charge is 0.306 e. The van der Waals surface area contributed by atoms with Crippen LogP contribution in [0.1, 0.15) is 44.7 Å². The van der Waals surface area contributed by atoms with Gasteiger partial charge in [0.25, 0.3) is 5.91 Å². The third-order valence-electron chi connectivity index (χ3n) is 4.28. The lowest BCUT2D eigenvalue weighted by Crippen LogP contribution is -2.31. The first-order valence-electron chi connectivity index (χ1n) is 10.0. The van der Waals surface area contributed by atoms with Gasteiger partial charge in [0.15, 0.2) is 6.61 Å². The van der Waals surface area contributed by atoms with Gasteiger partial charge in [0.05, 0.1) is 12.6 Å². The number of esters is 1. The quantitative estimate of drug-likeness (QED) is 0.550. The van der Waals surface area contributed by atoms with E-state index in [0.29, 0.717) is 18.7 Å². The van der Waals surface area contributed by atoms with Gasteiger partial charge in [0, 0.05) is 18.5 Å². The molecule has 2 aromatic rings. The van der Waals surface area contributed by atoms with Crippen molar-refractivity contribution in [3.8, 4) is 5.75 Å². The molecule has 2 aromatic carbocycles. The fraction of sp³-hybridized carbons (Fsp3) is 0.348. The van der Waals surface area contributed by atoms with Gasteiger partial charge in [-0.05, 0) is 50.1 Å². The standard InChI is InChI=1S/C23H28N2O5/c1-3-29-20-14-12-19(13-15-20)25-21(26)10-7-11-23(28)30-16-22(27)24-17(2)18-8-5-4-6-9-18/h4-6,8-9,12-15,17H,3,7,10-11,16H2,1-2H3,(H,24,27)(H,25,26)/t17-/m1/s1. The number of anilines is 1. The maximum atomic E-state index is 12.0. The summed E-state index contributed by atoms with van der Waals surface area (Å²) in [5, 5.41) is 5.54. The molecule has 7 nitrogen and oxygen atoms in total. The van der Waals surface area contributed by atoms with Crippen LogP contribution < -0.4 is 15.4 Å². The number of hydrogen-bond donors (Lipinski definition) is 2. The molecule has 0 saturated heterocycles. The number of hydrogen-bond acceptors (Lipinski definition) is 5. The fourth-order valence-corrected chi connectivity index (χ4v) is 2.74. The van der Waals surface area contributed by atoms with Crippen molar-refractivity contribution in [3.05, 3.63) is 60.2 Å². The molecule has 2 amide bonds. The van der Waals surface area contributed by atoms with Gasteiger partial charge in [-0.15, -0.1) is 0 Å². The van der Waals surface area contributed by atoms with Gasteiger partial charge in [-0.25, -0.2) is 0 Å². The molecule has 7 heteroatoms. The Bertz CT molecular complexity index is 821. The molecule has 0 aliphatic heterocycles. The highest BCUT2D eigenvalue weighted by Gasteiger charge is 2.12. The minimum atomic E-state index is -0.508. The van der Waals surface area contributed by atoms with Crippen molar-refractivity contribution in [2.24, 2.45) is 0 Å². The van der Waals surface area contributed by atoms with Crippen LogP contribution in [0.15, 0.2) is 54.6 Å². The Kier molecular flexibility index (Phi) is 9.37. The van der Waals surface area contributed by atoms with Gasteiger partial charge in [0.1, 0.15) is 5.75 Å². The minimum Gasteiger partial charge on any atom is -0.494 e.